The molecule has 2 aromatic rings. The van der Waals surface area contributed by atoms with Crippen LogP contribution in [0.25, 0.3) is 16.5 Å². The van der Waals surface area contributed by atoms with Crippen molar-refractivity contribution in [2.75, 3.05) is 24.1 Å². The Morgan fingerprint density at radius 2 is 2.24 bits per heavy atom. The van der Waals surface area contributed by atoms with Crippen molar-refractivity contribution in [3.8, 4) is 0 Å². The maximum Gasteiger partial charge on any atom is 0.222 e. The van der Waals surface area contributed by atoms with E-state index in [0.717, 1.165) is 48.2 Å². The highest BCUT2D eigenvalue weighted by molar-refractivity contribution is 5.92. The van der Waals surface area contributed by atoms with E-state index in [-0.39, 0.29) is 0 Å². The third-order valence-corrected chi connectivity index (χ3v) is 3.53. The summed E-state index contributed by atoms with van der Waals surface area (Å²) in [5.74, 6) is 1.12. The van der Waals surface area contributed by atoms with Gasteiger partial charge in [0, 0.05) is 24.7 Å². The van der Waals surface area contributed by atoms with Crippen LogP contribution in [-0.4, -0.2) is 23.1 Å². The van der Waals surface area contributed by atoms with Crippen molar-refractivity contribution in [3.63, 3.8) is 0 Å². The summed E-state index contributed by atoms with van der Waals surface area (Å²) >= 11 is 0. The first-order chi connectivity index (χ1) is 10.3. The smallest absolute Gasteiger partial charge is 0.222 e. The fraction of sp³-hybridized carbons (Fsp3) is 0.333. The number of nitrogens with one attached hydrogen (secondary N) is 3. The van der Waals surface area contributed by atoms with Gasteiger partial charge in [-0.2, -0.15) is 4.98 Å². The monoisotopic (exact) mass is 284 g/mol. The average Bonchev–Trinajstić information content (AvgIpc) is 3.01. The summed E-state index contributed by atoms with van der Waals surface area (Å²) in [7, 11) is 0. The molecule has 0 aliphatic carbocycles. The zero-order valence-corrected chi connectivity index (χ0v) is 12.1. The molecular weight excluding hydrogens is 264 g/mol. The van der Waals surface area contributed by atoms with Crippen LogP contribution in [0.15, 0.2) is 24.4 Å². The van der Waals surface area contributed by atoms with Gasteiger partial charge in [-0.25, -0.2) is 10.4 Å². The predicted molar refractivity (Wildman–Crippen MR) is 86.5 cm³/mol. The Labute approximate surface area is 123 Å². The van der Waals surface area contributed by atoms with Crippen LogP contribution in [0.2, 0.25) is 0 Å². The number of hydrogen-bond donors (Lipinski definition) is 4. The fourth-order valence-corrected chi connectivity index (χ4v) is 2.39. The van der Waals surface area contributed by atoms with E-state index in [9.17, 15) is 0 Å². The lowest BCUT2D eigenvalue weighted by atomic mass is 10.0. The normalized spacial score (nSPS) is 14.0. The van der Waals surface area contributed by atoms with Gasteiger partial charge in [-0.05, 0) is 29.7 Å². The summed E-state index contributed by atoms with van der Waals surface area (Å²) in [6.45, 7) is 3.86. The minimum Gasteiger partial charge on any atom is -0.369 e. The SMILES string of the molecule is CCCCNc1nc(N)nc2ccc(C3=CNNC3)cc12. The molecule has 0 fully saturated rings. The van der Waals surface area contributed by atoms with Crippen molar-refractivity contribution < 1.29 is 0 Å². The molecule has 0 unspecified atom stereocenters. The lowest BCUT2D eigenvalue weighted by Gasteiger charge is -2.10. The molecule has 0 amide bonds. The summed E-state index contributed by atoms with van der Waals surface area (Å²) < 4.78 is 0. The van der Waals surface area contributed by atoms with Gasteiger partial charge >= 0.3 is 0 Å². The number of nitrogens with two attached hydrogens (primary N) is 1. The number of anilines is 2. The van der Waals surface area contributed by atoms with Gasteiger partial charge in [0.15, 0.2) is 0 Å². The van der Waals surface area contributed by atoms with E-state index in [4.69, 9.17) is 5.73 Å². The number of hydrogen-bond acceptors (Lipinski definition) is 6. The molecule has 21 heavy (non-hydrogen) atoms. The van der Waals surface area contributed by atoms with Crippen LogP contribution >= 0.6 is 0 Å². The van der Waals surface area contributed by atoms with Crippen LogP contribution in [0.5, 0.6) is 0 Å². The second-order valence-electron chi connectivity index (χ2n) is 5.11. The van der Waals surface area contributed by atoms with Gasteiger partial charge in [-0.3, -0.25) is 0 Å². The molecule has 1 aromatic heterocycles. The topological polar surface area (TPSA) is 87.9 Å². The molecule has 0 bridgehead atoms. The van der Waals surface area contributed by atoms with Gasteiger partial charge in [-0.1, -0.05) is 19.4 Å². The summed E-state index contributed by atoms with van der Waals surface area (Å²) in [5.41, 5.74) is 15.1. The van der Waals surface area contributed by atoms with Gasteiger partial charge in [0.25, 0.3) is 0 Å². The van der Waals surface area contributed by atoms with Crippen LogP contribution < -0.4 is 21.9 Å². The van der Waals surface area contributed by atoms with E-state index < -0.39 is 0 Å². The first kappa shape index (κ1) is 13.6. The molecule has 110 valence electrons. The average molecular weight is 284 g/mol. The molecule has 3 rings (SSSR count). The molecule has 5 N–H and O–H groups in total. The van der Waals surface area contributed by atoms with Crippen molar-refractivity contribution in [2.24, 2.45) is 0 Å². The number of rotatable bonds is 5. The minimum absolute atomic E-state index is 0.303. The lowest BCUT2D eigenvalue weighted by Crippen LogP contribution is -2.20. The van der Waals surface area contributed by atoms with Gasteiger partial charge in [0.1, 0.15) is 5.82 Å². The number of benzene rings is 1. The molecule has 0 saturated heterocycles. The molecule has 1 aliphatic rings. The number of hydrazine groups is 1. The number of fused-ring (bicyclic) bond motifs is 1. The van der Waals surface area contributed by atoms with Gasteiger partial charge in [-0.15, -0.1) is 0 Å². The van der Waals surface area contributed by atoms with E-state index in [2.05, 4.69) is 45.2 Å². The summed E-state index contributed by atoms with van der Waals surface area (Å²) in [5, 5.41) is 4.37. The van der Waals surface area contributed by atoms with E-state index >= 15 is 0 Å². The Morgan fingerprint density at radius 3 is 3.00 bits per heavy atom. The Kier molecular flexibility index (Phi) is 3.87. The minimum atomic E-state index is 0.303. The molecule has 1 aliphatic heterocycles. The summed E-state index contributed by atoms with van der Waals surface area (Å²) in [4.78, 5) is 8.65. The number of aromatic nitrogens is 2. The van der Waals surface area contributed by atoms with Gasteiger partial charge in [0.05, 0.1) is 5.52 Å². The molecule has 6 heteroatoms. The first-order valence-corrected chi connectivity index (χ1v) is 7.27. The molecule has 0 radical (unpaired) electrons. The zero-order valence-electron chi connectivity index (χ0n) is 12.1. The predicted octanol–water partition coefficient (Wildman–Crippen LogP) is 1.87. The second kappa shape index (κ2) is 5.97. The van der Waals surface area contributed by atoms with E-state index in [1.54, 1.807) is 0 Å². The van der Waals surface area contributed by atoms with Crippen molar-refractivity contribution in [2.45, 2.75) is 19.8 Å². The van der Waals surface area contributed by atoms with E-state index in [1.165, 1.54) is 5.57 Å². The largest absolute Gasteiger partial charge is 0.369 e. The van der Waals surface area contributed by atoms with Crippen molar-refractivity contribution in [1.29, 1.82) is 0 Å². The van der Waals surface area contributed by atoms with Gasteiger partial charge < -0.3 is 16.5 Å². The molecule has 0 spiro atoms. The van der Waals surface area contributed by atoms with Crippen molar-refractivity contribution in [3.05, 3.63) is 30.0 Å². The number of nitrogen functional groups attached to an aromatic ring is 1. The standard InChI is InChI=1S/C15H20N6/c1-2-3-6-17-14-12-7-10(11-8-18-19-9-11)4-5-13(12)20-15(16)21-14/h4-5,7-8,18-19H,2-3,6,9H2,1H3,(H3,16,17,20,21). The number of unbranched alkanes of at least 4 members (excludes halogenated alkanes) is 1. The highest BCUT2D eigenvalue weighted by Gasteiger charge is 2.11. The van der Waals surface area contributed by atoms with Crippen LogP contribution in [0.3, 0.4) is 0 Å². The van der Waals surface area contributed by atoms with E-state index in [0.29, 0.717) is 5.95 Å². The third-order valence-electron chi connectivity index (χ3n) is 3.53. The molecule has 0 atom stereocenters. The second-order valence-corrected chi connectivity index (χ2v) is 5.11. The van der Waals surface area contributed by atoms with Crippen LogP contribution in [-0.2, 0) is 0 Å². The van der Waals surface area contributed by atoms with Gasteiger partial charge in [0.2, 0.25) is 5.95 Å². The highest BCUT2D eigenvalue weighted by Crippen LogP contribution is 2.26. The van der Waals surface area contributed by atoms with Crippen molar-refractivity contribution in [1.82, 2.24) is 20.8 Å². The Morgan fingerprint density at radius 1 is 1.33 bits per heavy atom. The highest BCUT2D eigenvalue weighted by atomic mass is 15.4. The molecule has 1 aromatic carbocycles. The Hall–Kier alpha value is -2.34. The lowest BCUT2D eigenvalue weighted by molar-refractivity contribution is 0.730. The molecular formula is C15H20N6. The fourth-order valence-electron chi connectivity index (χ4n) is 2.39. The maximum absolute atomic E-state index is 5.80. The first-order valence-electron chi connectivity index (χ1n) is 7.27. The maximum atomic E-state index is 5.80. The summed E-state index contributed by atoms with van der Waals surface area (Å²) in [6.07, 6.45) is 4.22. The molecule has 2 heterocycles. The van der Waals surface area contributed by atoms with Crippen LogP contribution in [0, 0.1) is 0 Å². The van der Waals surface area contributed by atoms with Crippen molar-refractivity contribution >= 4 is 28.2 Å². The Bertz CT molecular complexity index is 679. The van der Waals surface area contributed by atoms with Crippen LogP contribution in [0.1, 0.15) is 25.3 Å². The zero-order chi connectivity index (χ0) is 14.7. The quantitative estimate of drug-likeness (QED) is 0.627. The number of nitrogens with zero attached hydrogens (tertiary/aromatic N) is 2. The van der Waals surface area contributed by atoms with E-state index in [1.807, 2.05) is 12.3 Å². The Balaban J connectivity index is 2.00. The van der Waals surface area contributed by atoms with Crippen LogP contribution in [0.4, 0.5) is 11.8 Å². The molecule has 0 saturated carbocycles. The molecule has 6 nitrogen and oxygen atoms in total. The summed E-state index contributed by atoms with van der Waals surface area (Å²) in [6, 6.07) is 6.17. The third kappa shape index (κ3) is 2.90.